The van der Waals surface area contributed by atoms with Crippen LogP contribution in [0, 0.1) is 13.8 Å². The lowest BCUT2D eigenvalue weighted by Gasteiger charge is -2.11. The Labute approximate surface area is 314 Å². The van der Waals surface area contributed by atoms with Crippen LogP contribution in [0.2, 0.25) is 0 Å². The fourth-order valence-electron chi connectivity index (χ4n) is 5.16. The molecule has 16 nitrogen and oxygen atoms in total. The molecule has 6 N–H and O–H groups in total. The van der Waals surface area contributed by atoms with Crippen molar-refractivity contribution in [1.82, 2.24) is 0 Å². The Kier molecular flexibility index (Phi) is 10.6. The van der Waals surface area contributed by atoms with E-state index >= 15 is 0 Å². The number of azo groups is 3. The smallest absolute Gasteiger partial charge is 0.296 e. The maximum absolute atomic E-state index is 12.7. The molecule has 0 aromatic heterocycles. The van der Waals surface area contributed by atoms with Crippen LogP contribution >= 0.6 is 0 Å². The number of carbonyl (C=O) groups excluding carboxylic acids is 1. The summed E-state index contributed by atoms with van der Waals surface area (Å²) in [5.74, 6) is -0.989. The molecule has 0 radical (unpaired) electrons. The van der Waals surface area contributed by atoms with Gasteiger partial charge in [-0.05, 0) is 140 Å². The first-order chi connectivity index (χ1) is 26.0. The minimum Gasteiger partial charge on any atom is -0.505 e. The number of nitrogens with one attached hydrogen (secondary N) is 1. The number of rotatable bonds is 10. The summed E-state index contributed by atoms with van der Waals surface area (Å²) in [6.45, 7) is 3.49. The van der Waals surface area contributed by atoms with Gasteiger partial charge in [-0.3, -0.25) is 13.9 Å². The van der Waals surface area contributed by atoms with E-state index in [4.69, 9.17) is 10.3 Å². The van der Waals surface area contributed by atoms with Gasteiger partial charge in [-0.2, -0.15) is 42.4 Å². The maximum Gasteiger partial charge on any atom is 0.296 e. The van der Waals surface area contributed by atoms with Gasteiger partial charge in [-0.1, -0.05) is 0 Å². The van der Waals surface area contributed by atoms with Crippen LogP contribution in [0.1, 0.15) is 21.5 Å². The van der Waals surface area contributed by atoms with Crippen molar-refractivity contribution in [3.8, 4) is 5.75 Å². The van der Waals surface area contributed by atoms with Crippen molar-refractivity contribution in [2.75, 3.05) is 11.1 Å². The Morgan fingerprint density at radius 3 is 1.65 bits per heavy atom. The van der Waals surface area contributed by atoms with Crippen molar-refractivity contribution in [3.63, 3.8) is 0 Å². The maximum atomic E-state index is 12.7. The topological polar surface area (TPSA) is 258 Å². The van der Waals surface area contributed by atoms with Crippen molar-refractivity contribution >= 4 is 82.4 Å². The SMILES string of the molecule is Cc1cc(N=Nc2c(S(=O)(=O)O)cc3cc(NC(=O)c4ccc(N)cc4)ccc3c2O)c(C)cc1N=Nc1ccc(N=Nc2ccc(S(=O)(=O)O)cc2)cc1. The molecule has 0 saturated heterocycles. The third kappa shape index (κ3) is 9.08. The molecule has 0 bridgehead atoms. The molecule has 0 aliphatic rings. The normalized spacial score (nSPS) is 12.3. The monoisotopic (exact) mass is 778 g/mol. The zero-order valence-electron chi connectivity index (χ0n) is 28.9. The van der Waals surface area contributed by atoms with E-state index < -0.39 is 42.5 Å². The molecule has 0 atom stereocenters. The number of phenolic OH excluding ortho intramolecular Hbond substituents is 1. The molecule has 278 valence electrons. The van der Waals surface area contributed by atoms with E-state index in [-0.39, 0.29) is 15.7 Å². The van der Waals surface area contributed by atoms with E-state index in [1.165, 1.54) is 42.5 Å². The fraction of sp³-hybridized carbons (Fsp3) is 0.0541. The van der Waals surface area contributed by atoms with Crippen LogP contribution in [-0.4, -0.2) is 37.0 Å². The highest BCUT2D eigenvalue weighted by atomic mass is 32.2. The number of aromatic hydroxyl groups is 1. The van der Waals surface area contributed by atoms with Crippen molar-refractivity contribution in [3.05, 3.63) is 126 Å². The van der Waals surface area contributed by atoms with Crippen molar-refractivity contribution in [1.29, 1.82) is 0 Å². The van der Waals surface area contributed by atoms with Crippen LogP contribution in [-0.2, 0) is 20.2 Å². The van der Waals surface area contributed by atoms with Gasteiger partial charge in [0.1, 0.15) is 10.6 Å². The van der Waals surface area contributed by atoms with Gasteiger partial charge in [0, 0.05) is 22.3 Å². The van der Waals surface area contributed by atoms with Crippen LogP contribution in [0.4, 0.5) is 45.5 Å². The number of hydrogen-bond donors (Lipinski definition) is 5. The highest BCUT2D eigenvalue weighted by molar-refractivity contribution is 7.86. The number of nitrogens with zero attached hydrogens (tertiary/aromatic N) is 6. The second-order valence-electron chi connectivity index (χ2n) is 12.1. The average Bonchev–Trinajstić information content (AvgIpc) is 3.14. The molecule has 0 heterocycles. The van der Waals surface area contributed by atoms with E-state index in [1.54, 1.807) is 74.5 Å². The van der Waals surface area contributed by atoms with Crippen LogP contribution in [0.15, 0.2) is 150 Å². The number of nitrogen functional groups attached to an aromatic ring is 1. The summed E-state index contributed by atoms with van der Waals surface area (Å²) in [6.07, 6.45) is 0. The highest BCUT2D eigenvalue weighted by Gasteiger charge is 2.23. The van der Waals surface area contributed by atoms with Crippen molar-refractivity contribution in [2.45, 2.75) is 23.6 Å². The number of amides is 1. The molecular formula is C37H30N8O8S2. The molecule has 6 aromatic rings. The number of phenols is 1. The molecule has 6 rings (SSSR count). The summed E-state index contributed by atoms with van der Waals surface area (Å²) in [6, 6.07) is 27.1. The molecule has 0 spiro atoms. The summed E-state index contributed by atoms with van der Waals surface area (Å²) in [4.78, 5) is 11.8. The molecule has 0 fully saturated rings. The van der Waals surface area contributed by atoms with Gasteiger partial charge in [0.05, 0.1) is 33.3 Å². The first-order valence-electron chi connectivity index (χ1n) is 16.0. The zero-order chi connectivity index (χ0) is 39.5. The van der Waals surface area contributed by atoms with E-state index in [2.05, 4.69) is 36.0 Å². The molecule has 18 heteroatoms. The Morgan fingerprint density at radius 1 is 0.618 bits per heavy atom. The average molecular weight is 779 g/mol. The minimum atomic E-state index is -4.90. The number of fused-ring (bicyclic) bond motifs is 1. The van der Waals surface area contributed by atoms with E-state index in [9.17, 15) is 31.3 Å². The summed E-state index contributed by atoms with van der Waals surface area (Å²) in [7, 11) is -9.20. The molecule has 6 aromatic carbocycles. The summed E-state index contributed by atoms with van der Waals surface area (Å²) in [5.41, 5.74) is 9.83. The lowest BCUT2D eigenvalue weighted by molar-refractivity contribution is 0.102. The van der Waals surface area contributed by atoms with Gasteiger partial charge in [0.2, 0.25) is 0 Å². The van der Waals surface area contributed by atoms with Gasteiger partial charge in [-0.15, -0.1) is 5.11 Å². The van der Waals surface area contributed by atoms with E-state index in [1.807, 2.05) is 0 Å². The molecular weight excluding hydrogens is 749 g/mol. The minimum absolute atomic E-state index is 0.194. The summed E-state index contributed by atoms with van der Waals surface area (Å²) in [5, 5.41) is 39.2. The zero-order valence-corrected chi connectivity index (χ0v) is 30.5. The number of hydrogen-bond acceptors (Lipinski definition) is 13. The summed E-state index contributed by atoms with van der Waals surface area (Å²) < 4.78 is 66.5. The number of carbonyl (C=O) groups is 1. The second-order valence-corrected chi connectivity index (χ2v) is 14.9. The number of nitrogens with two attached hydrogens (primary N) is 1. The number of anilines is 2. The van der Waals surface area contributed by atoms with Gasteiger partial charge < -0.3 is 16.2 Å². The van der Waals surface area contributed by atoms with E-state index in [0.717, 1.165) is 6.07 Å². The van der Waals surface area contributed by atoms with Crippen LogP contribution in [0.25, 0.3) is 10.8 Å². The predicted molar refractivity (Wildman–Crippen MR) is 205 cm³/mol. The van der Waals surface area contributed by atoms with Gasteiger partial charge in [0.25, 0.3) is 26.1 Å². The molecule has 55 heavy (non-hydrogen) atoms. The fourth-order valence-corrected chi connectivity index (χ4v) is 6.30. The Balaban J connectivity index is 1.19. The molecule has 0 aliphatic heterocycles. The van der Waals surface area contributed by atoms with Crippen molar-refractivity contribution in [2.24, 2.45) is 30.7 Å². The number of aryl methyl sites for hydroxylation is 2. The van der Waals surface area contributed by atoms with Crippen LogP contribution < -0.4 is 11.1 Å². The lowest BCUT2D eigenvalue weighted by Crippen LogP contribution is -2.11. The molecule has 0 aliphatic carbocycles. The molecule has 1 amide bonds. The van der Waals surface area contributed by atoms with Gasteiger partial charge in [0.15, 0.2) is 5.75 Å². The lowest BCUT2D eigenvalue weighted by atomic mass is 10.1. The second kappa shape index (κ2) is 15.3. The predicted octanol–water partition coefficient (Wildman–Crippen LogP) is 9.74. The Morgan fingerprint density at radius 2 is 1.13 bits per heavy atom. The Hall–Kier alpha value is -6.73. The van der Waals surface area contributed by atoms with Gasteiger partial charge in [-0.25, -0.2) is 0 Å². The first kappa shape index (κ1) is 38.0. The molecule has 0 saturated carbocycles. The first-order valence-corrected chi connectivity index (χ1v) is 18.9. The summed E-state index contributed by atoms with van der Waals surface area (Å²) >= 11 is 0. The standard InChI is InChI=1S/C37H30N8O8S2/c1-21-18-33(22(2)17-32(21)43-42-27-9-7-26(8-10-27)40-41-28-11-14-30(15-12-28)54(48,49)50)44-45-35-34(55(51,52)53)20-24-19-29(13-16-31(24)36(35)46)39-37(47)23-3-5-25(38)6-4-23/h3-20,46H,38H2,1-2H3,(H,39,47)(H,48,49,50)(H,51,52,53). The highest BCUT2D eigenvalue weighted by Crippen LogP contribution is 2.42. The Bertz CT molecular complexity index is 2770. The van der Waals surface area contributed by atoms with Crippen LogP contribution in [0.3, 0.4) is 0 Å². The van der Waals surface area contributed by atoms with Gasteiger partial charge >= 0.3 is 0 Å². The third-order valence-electron chi connectivity index (χ3n) is 8.07. The van der Waals surface area contributed by atoms with Crippen LogP contribution in [0.5, 0.6) is 5.75 Å². The largest absolute Gasteiger partial charge is 0.505 e. The molecule has 0 unspecified atom stereocenters. The van der Waals surface area contributed by atoms with E-state index in [0.29, 0.717) is 56.5 Å². The number of benzene rings is 6. The third-order valence-corrected chi connectivity index (χ3v) is 9.81. The quantitative estimate of drug-likeness (QED) is 0.0503. The van der Waals surface area contributed by atoms with Crippen molar-refractivity contribution < 1.29 is 35.8 Å².